The number of esters is 2. The first-order chi connectivity index (χ1) is 20.3. The Balaban J connectivity index is 1.59. The molecule has 0 radical (unpaired) electrons. The molecule has 0 heterocycles. The number of aryl methyl sites for hydroxylation is 1. The van der Waals surface area contributed by atoms with E-state index in [0.29, 0.717) is 22.9 Å². The van der Waals surface area contributed by atoms with Crippen LogP contribution in [0.5, 0.6) is 23.0 Å². The van der Waals surface area contributed by atoms with E-state index in [-0.39, 0.29) is 29.0 Å². The summed E-state index contributed by atoms with van der Waals surface area (Å²) in [5.74, 6) is -0.581. The molecule has 43 heavy (non-hydrogen) atoms. The van der Waals surface area contributed by atoms with Crippen molar-refractivity contribution in [2.45, 2.75) is 65.8 Å². The summed E-state index contributed by atoms with van der Waals surface area (Å²) in [7, 11) is 3.12. The molecule has 1 N–H and O–H groups in total. The standard InChI is InChI=1S/C34H38FNO7/c1-19(32(38)24-11-13-29(27(35)16-24)42-20(2)37)36-28-18-31(41-7)30(40-6)17-26(28)23-9-8-22-15-25(12-10-21(22)14-23)43-33(39)34(3,4)5/h10-13,15-19,23,36H,8-9,14H2,1-7H3. The lowest BCUT2D eigenvalue weighted by Crippen LogP contribution is -2.27. The zero-order valence-electron chi connectivity index (χ0n) is 25.6. The molecule has 2 unspecified atom stereocenters. The number of ether oxygens (including phenoxy) is 4. The van der Waals surface area contributed by atoms with Crippen molar-refractivity contribution >= 4 is 23.4 Å². The Bertz CT molecular complexity index is 1540. The molecule has 0 fully saturated rings. The highest BCUT2D eigenvalue weighted by molar-refractivity contribution is 6.01. The zero-order valence-corrected chi connectivity index (χ0v) is 25.6. The second-order valence-corrected chi connectivity index (χ2v) is 11.8. The smallest absolute Gasteiger partial charge is 0.316 e. The normalized spacial score (nSPS) is 15.1. The predicted molar refractivity (Wildman–Crippen MR) is 161 cm³/mol. The van der Waals surface area contributed by atoms with E-state index in [0.717, 1.165) is 42.0 Å². The van der Waals surface area contributed by atoms with Crippen LogP contribution in [0, 0.1) is 11.2 Å². The molecule has 9 heteroatoms. The molecule has 0 saturated carbocycles. The lowest BCUT2D eigenvalue weighted by atomic mass is 9.79. The van der Waals surface area contributed by atoms with Gasteiger partial charge in [-0.2, -0.15) is 0 Å². The fraction of sp³-hybridized carbons (Fsp3) is 0.382. The maximum atomic E-state index is 14.5. The van der Waals surface area contributed by atoms with E-state index in [4.69, 9.17) is 18.9 Å². The predicted octanol–water partition coefficient (Wildman–Crippen LogP) is 6.68. The largest absolute Gasteiger partial charge is 0.493 e. The summed E-state index contributed by atoms with van der Waals surface area (Å²) in [6.45, 7) is 8.35. The minimum atomic E-state index is -0.794. The second-order valence-electron chi connectivity index (χ2n) is 11.8. The number of ketones is 1. The van der Waals surface area contributed by atoms with Gasteiger partial charge in [0.05, 0.1) is 25.7 Å². The molecule has 3 aromatic rings. The van der Waals surface area contributed by atoms with Gasteiger partial charge in [0.25, 0.3) is 0 Å². The molecule has 4 rings (SSSR count). The average molecular weight is 592 g/mol. The molecule has 0 aliphatic heterocycles. The van der Waals surface area contributed by atoms with E-state index < -0.39 is 23.2 Å². The molecule has 1 aliphatic rings. The number of carbonyl (C=O) groups is 3. The Morgan fingerprint density at radius 1 is 0.907 bits per heavy atom. The molecule has 0 spiro atoms. The van der Waals surface area contributed by atoms with E-state index in [2.05, 4.69) is 5.32 Å². The summed E-state index contributed by atoms with van der Waals surface area (Å²) in [6, 6.07) is 12.6. The Kier molecular flexibility index (Phi) is 9.43. The maximum absolute atomic E-state index is 14.5. The van der Waals surface area contributed by atoms with E-state index in [1.165, 1.54) is 19.1 Å². The highest BCUT2D eigenvalue weighted by atomic mass is 19.1. The zero-order chi connectivity index (χ0) is 31.5. The van der Waals surface area contributed by atoms with E-state index in [1.54, 1.807) is 21.1 Å². The van der Waals surface area contributed by atoms with Crippen molar-refractivity contribution in [2.75, 3.05) is 19.5 Å². The van der Waals surface area contributed by atoms with Gasteiger partial charge in [0.2, 0.25) is 0 Å². The fourth-order valence-corrected chi connectivity index (χ4v) is 5.12. The summed E-state index contributed by atoms with van der Waals surface area (Å²) in [4.78, 5) is 36.9. The quantitative estimate of drug-likeness (QED) is 0.167. The van der Waals surface area contributed by atoms with Gasteiger partial charge in [0.1, 0.15) is 5.75 Å². The number of halogens is 1. The Morgan fingerprint density at radius 2 is 1.60 bits per heavy atom. The Hall–Kier alpha value is -4.40. The fourth-order valence-electron chi connectivity index (χ4n) is 5.12. The third kappa shape index (κ3) is 7.34. The number of carbonyl (C=O) groups excluding carboxylic acids is 3. The molecule has 3 aromatic carbocycles. The summed E-state index contributed by atoms with van der Waals surface area (Å²) >= 11 is 0. The molecular weight excluding hydrogens is 553 g/mol. The van der Waals surface area contributed by atoms with E-state index in [9.17, 15) is 18.8 Å². The molecule has 0 saturated heterocycles. The molecule has 0 amide bonds. The summed E-state index contributed by atoms with van der Waals surface area (Å²) in [5, 5.41) is 3.32. The Labute approximate surface area is 251 Å². The van der Waals surface area contributed by atoms with Crippen LogP contribution in [0.1, 0.15) is 74.0 Å². The number of anilines is 1. The maximum Gasteiger partial charge on any atom is 0.316 e. The number of nitrogens with one attached hydrogen (secondary N) is 1. The van der Waals surface area contributed by atoms with Crippen molar-refractivity contribution in [1.29, 1.82) is 0 Å². The lowest BCUT2D eigenvalue weighted by molar-refractivity contribution is -0.143. The van der Waals surface area contributed by atoms with Crippen LogP contribution in [0.15, 0.2) is 48.5 Å². The van der Waals surface area contributed by atoms with Crippen molar-refractivity contribution < 1.29 is 37.7 Å². The van der Waals surface area contributed by atoms with Gasteiger partial charge in [0, 0.05) is 24.2 Å². The molecule has 0 aromatic heterocycles. The monoisotopic (exact) mass is 591 g/mol. The van der Waals surface area contributed by atoms with Gasteiger partial charge in [-0.15, -0.1) is 0 Å². The van der Waals surface area contributed by atoms with E-state index >= 15 is 0 Å². The van der Waals surface area contributed by atoms with Gasteiger partial charge in [-0.1, -0.05) is 6.07 Å². The average Bonchev–Trinajstić information content (AvgIpc) is 2.96. The van der Waals surface area contributed by atoms with Crippen molar-refractivity contribution in [3.05, 3.63) is 76.6 Å². The number of benzene rings is 3. The van der Waals surface area contributed by atoms with E-state index in [1.807, 2.05) is 51.1 Å². The molecule has 2 atom stereocenters. The number of fused-ring (bicyclic) bond motifs is 1. The van der Waals surface area contributed by atoms with Gasteiger partial charge < -0.3 is 24.3 Å². The lowest BCUT2D eigenvalue weighted by Gasteiger charge is -2.29. The first-order valence-corrected chi connectivity index (χ1v) is 14.2. The molecule has 228 valence electrons. The number of hydrogen-bond acceptors (Lipinski definition) is 8. The highest BCUT2D eigenvalue weighted by Crippen LogP contribution is 2.42. The summed E-state index contributed by atoms with van der Waals surface area (Å²) < 4.78 is 36.1. The van der Waals surface area contributed by atoms with Crippen molar-refractivity contribution in [3.8, 4) is 23.0 Å². The topological polar surface area (TPSA) is 100 Å². The van der Waals surface area contributed by atoms with Crippen LogP contribution in [0.25, 0.3) is 0 Å². The molecule has 1 aliphatic carbocycles. The van der Waals surface area contributed by atoms with Gasteiger partial charge in [-0.05, 0) is 106 Å². The number of Topliss-reactive ketones (excluding diaryl/α,β-unsaturated/α-hetero) is 1. The van der Waals surface area contributed by atoms with Gasteiger partial charge in [0.15, 0.2) is 28.8 Å². The molecule has 0 bridgehead atoms. The molecular formula is C34H38FNO7. The summed E-state index contributed by atoms with van der Waals surface area (Å²) in [6.07, 6.45) is 2.33. The highest BCUT2D eigenvalue weighted by Gasteiger charge is 2.28. The number of hydrogen-bond donors (Lipinski definition) is 1. The third-order valence-electron chi connectivity index (χ3n) is 7.46. The van der Waals surface area contributed by atoms with Crippen LogP contribution >= 0.6 is 0 Å². The van der Waals surface area contributed by atoms with Gasteiger partial charge in [-0.25, -0.2) is 4.39 Å². The van der Waals surface area contributed by atoms with Crippen molar-refractivity contribution in [3.63, 3.8) is 0 Å². The first kappa shape index (κ1) is 31.5. The minimum absolute atomic E-state index is 0.0977. The van der Waals surface area contributed by atoms with Crippen LogP contribution in [-0.4, -0.2) is 38.0 Å². The summed E-state index contributed by atoms with van der Waals surface area (Å²) in [5.41, 5.74) is 3.50. The van der Waals surface area contributed by atoms with Gasteiger partial charge in [-0.3, -0.25) is 14.4 Å². The van der Waals surface area contributed by atoms with Crippen LogP contribution in [0.2, 0.25) is 0 Å². The van der Waals surface area contributed by atoms with Crippen LogP contribution in [-0.2, 0) is 22.4 Å². The number of methoxy groups -OCH3 is 2. The second kappa shape index (κ2) is 12.9. The van der Waals surface area contributed by atoms with Crippen molar-refractivity contribution in [1.82, 2.24) is 0 Å². The third-order valence-corrected chi connectivity index (χ3v) is 7.46. The first-order valence-electron chi connectivity index (χ1n) is 14.2. The molecule has 8 nitrogen and oxygen atoms in total. The minimum Gasteiger partial charge on any atom is -0.493 e. The van der Waals surface area contributed by atoms with Crippen LogP contribution < -0.4 is 24.3 Å². The van der Waals surface area contributed by atoms with Crippen LogP contribution in [0.4, 0.5) is 10.1 Å². The Morgan fingerprint density at radius 3 is 2.23 bits per heavy atom. The SMILES string of the molecule is COc1cc(NC(C)C(=O)c2ccc(OC(C)=O)c(F)c2)c(C2CCc3cc(OC(=O)C(C)(C)C)ccc3C2)cc1OC. The van der Waals surface area contributed by atoms with Crippen LogP contribution in [0.3, 0.4) is 0 Å². The van der Waals surface area contributed by atoms with Crippen molar-refractivity contribution in [2.24, 2.45) is 5.41 Å². The number of rotatable bonds is 9. The van der Waals surface area contributed by atoms with Gasteiger partial charge >= 0.3 is 11.9 Å².